The molecule has 0 saturated carbocycles. The molecule has 3 fully saturated rings. The second kappa shape index (κ2) is 10.9. The first-order valence-electron chi connectivity index (χ1n) is 13.8. The Morgan fingerprint density at radius 3 is 2.03 bits per heavy atom. The van der Waals surface area contributed by atoms with Crippen LogP contribution in [0.1, 0.15) is 73.7 Å². The number of rotatable bonds is 7. The van der Waals surface area contributed by atoms with Crippen LogP contribution in [0.2, 0.25) is 22.2 Å². The Morgan fingerprint density at radius 2 is 1.49 bits per heavy atom. The molecule has 0 amide bonds. The van der Waals surface area contributed by atoms with Gasteiger partial charge < -0.3 is 32.3 Å². The quantitative estimate of drug-likeness (QED) is 0.325. The van der Waals surface area contributed by atoms with Crippen LogP contribution in [0.3, 0.4) is 0 Å². The summed E-state index contributed by atoms with van der Waals surface area (Å²) >= 11 is 0. The maximum Gasteiger partial charge on any atom is 0.335 e. The van der Waals surface area contributed by atoms with E-state index in [4.69, 9.17) is 27.2 Å². The van der Waals surface area contributed by atoms with Gasteiger partial charge >= 0.3 is 17.1 Å². The van der Waals surface area contributed by atoms with Crippen LogP contribution in [-0.2, 0) is 27.2 Å². The van der Waals surface area contributed by atoms with Gasteiger partial charge in [-0.3, -0.25) is 0 Å². The highest BCUT2D eigenvalue weighted by Gasteiger charge is 2.67. The van der Waals surface area contributed by atoms with Crippen LogP contribution >= 0.6 is 0 Å². The molecule has 0 spiro atoms. The SMILES string of the molecule is C=CC[C@]1(O)O[C@@H]2CO[C@@H](c3ccccc3)O[C@H]2[C@@H]2O[Si](C(C)C)(C(C)C)O[Si](C(C)C)(C(C)C)O[C@H]21. The minimum atomic E-state index is -2.94. The zero-order valence-corrected chi connectivity index (χ0v) is 25.7. The number of benzene rings is 1. The average Bonchev–Trinajstić information content (AvgIpc) is 3.03. The Morgan fingerprint density at radius 1 is 0.919 bits per heavy atom. The monoisotopic (exact) mass is 550 g/mol. The van der Waals surface area contributed by atoms with Gasteiger partial charge in [-0.2, -0.15) is 0 Å². The highest BCUT2D eigenvalue weighted by atomic mass is 28.5. The average molecular weight is 551 g/mol. The van der Waals surface area contributed by atoms with E-state index in [-0.39, 0.29) is 35.2 Å². The maximum absolute atomic E-state index is 12.0. The molecule has 208 valence electrons. The van der Waals surface area contributed by atoms with Crippen molar-refractivity contribution in [2.24, 2.45) is 0 Å². The second-order valence-corrected chi connectivity index (χ2v) is 20.7. The van der Waals surface area contributed by atoms with Crippen molar-refractivity contribution in [2.45, 2.75) is 120 Å². The summed E-state index contributed by atoms with van der Waals surface area (Å²) in [5.41, 5.74) is 1.53. The van der Waals surface area contributed by atoms with Gasteiger partial charge in [0.15, 0.2) is 12.1 Å². The summed E-state index contributed by atoms with van der Waals surface area (Å²) in [6.45, 7) is 21.6. The van der Waals surface area contributed by atoms with E-state index < -0.39 is 53.6 Å². The lowest BCUT2D eigenvalue weighted by Gasteiger charge is -2.53. The Hall–Kier alpha value is -0.886. The van der Waals surface area contributed by atoms with E-state index in [1.54, 1.807) is 6.08 Å². The van der Waals surface area contributed by atoms with Crippen molar-refractivity contribution < 1.29 is 32.3 Å². The first kappa shape index (κ1) is 29.1. The lowest BCUT2D eigenvalue weighted by atomic mass is 9.90. The molecule has 6 atom stereocenters. The standard InChI is InChI=1S/C28H46O7Si2/c1-10-16-28(29)26-25(24-23(32-28)17-30-27(31-24)22-14-12-11-13-15-22)33-36(18(2)3,19(4)5)35-37(34-26,20(6)7)21(8)9/h10-15,18-21,23-27,29H,1,16-17H2,2-9H3/t23-,24-,25+,26-,27-,28+/m1/s1. The van der Waals surface area contributed by atoms with Gasteiger partial charge in [-0.15, -0.1) is 6.58 Å². The molecule has 3 saturated heterocycles. The summed E-state index contributed by atoms with van der Waals surface area (Å²) in [6.07, 6.45) is -1.07. The zero-order chi connectivity index (χ0) is 27.2. The summed E-state index contributed by atoms with van der Waals surface area (Å²) in [6, 6.07) is 9.89. The lowest BCUT2D eigenvalue weighted by Crippen LogP contribution is -2.70. The van der Waals surface area contributed by atoms with Crippen LogP contribution in [0.25, 0.3) is 0 Å². The topological polar surface area (TPSA) is 75.6 Å². The third-order valence-corrected chi connectivity index (χ3v) is 18.4. The van der Waals surface area contributed by atoms with E-state index in [0.29, 0.717) is 0 Å². The van der Waals surface area contributed by atoms with Crippen LogP contribution in [0.15, 0.2) is 43.0 Å². The minimum absolute atomic E-state index is 0.137. The molecule has 0 bridgehead atoms. The molecule has 1 aromatic carbocycles. The van der Waals surface area contributed by atoms with Crippen LogP contribution in [0.5, 0.6) is 0 Å². The van der Waals surface area contributed by atoms with Gasteiger partial charge in [-0.25, -0.2) is 0 Å². The number of aliphatic hydroxyl groups is 1. The fourth-order valence-corrected chi connectivity index (χ4v) is 17.5. The second-order valence-electron chi connectivity index (χ2n) is 12.0. The molecule has 0 unspecified atom stereocenters. The highest BCUT2D eigenvalue weighted by molar-refractivity contribution is 6.84. The lowest BCUT2D eigenvalue weighted by molar-refractivity contribution is -0.386. The predicted molar refractivity (Wildman–Crippen MR) is 147 cm³/mol. The number of ether oxygens (including phenoxy) is 3. The molecular formula is C28H46O7Si2. The predicted octanol–water partition coefficient (Wildman–Crippen LogP) is 6.09. The zero-order valence-electron chi connectivity index (χ0n) is 23.7. The van der Waals surface area contributed by atoms with Crippen molar-refractivity contribution in [2.75, 3.05) is 6.61 Å². The molecule has 1 aromatic rings. The van der Waals surface area contributed by atoms with Crippen molar-refractivity contribution in [1.29, 1.82) is 0 Å². The third kappa shape index (κ3) is 5.07. The number of fused-ring (bicyclic) bond motifs is 3. The minimum Gasteiger partial charge on any atom is -0.414 e. The molecule has 3 heterocycles. The fraction of sp³-hybridized carbons (Fsp3) is 0.714. The van der Waals surface area contributed by atoms with Gasteiger partial charge in [-0.05, 0) is 22.2 Å². The Bertz CT molecular complexity index is 908. The summed E-state index contributed by atoms with van der Waals surface area (Å²) in [7, 11) is -5.83. The molecule has 1 N–H and O–H groups in total. The van der Waals surface area contributed by atoms with Gasteiger partial charge in [0, 0.05) is 12.0 Å². The van der Waals surface area contributed by atoms with Crippen molar-refractivity contribution >= 4 is 17.1 Å². The molecule has 3 aliphatic heterocycles. The number of hydrogen-bond acceptors (Lipinski definition) is 7. The molecule has 3 aliphatic rings. The van der Waals surface area contributed by atoms with Crippen LogP contribution in [0.4, 0.5) is 0 Å². The Labute approximate surface area is 224 Å². The van der Waals surface area contributed by atoms with Crippen molar-refractivity contribution in [3.05, 3.63) is 48.6 Å². The molecular weight excluding hydrogens is 504 g/mol. The molecule has 9 heteroatoms. The first-order valence-corrected chi connectivity index (χ1v) is 17.7. The van der Waals surface area contributed by atoms with E-state index in [0.717, 1.165) is 5.56 Å². The van der Waals surface area contributed by atoms with E-state index in [1.807, 2.05) is 30.3 Å². The largest absolute Gasteiger partial charge is 0.414 e. The van der Waals surface area contributed by atoms with E-state index in [1.165, 1.54) is 0 Å². The van der Waals surface area contributed by atoms with Gasteiger partial charge in [0.2, 0.25) is 0 Å². The highest BCUT2D eigenvalue weighted by Crippen LogP contribution is 2.52. The Balaban J connectivity index is 1.85. The summed E-state index contributed by atoms with van der Waals surface area (Å²) in [4.78, 5) is 0. The first-order chi connectivity index (χ1) is 17.4. The van der Waals surface area contributed by atoms with Gasteiger partial charge in [0.1, 0.15) is 24.4 Å². The fourth-order valence-electron chi connectivity index (χ4n) is 6.20. The maximum atomic E-state index is 12.0. The summed E-state index contributed by atoms with van der Waals surface area (Å²) in [5.74, 6) is -1.64. The van der Waals surface area contributed by atoms with E-state index in [9.17, 15) is 5.11 Å². The summed E-state index contributed by atoms with van der Waals surface area (Å²) in [5, 5.41) is 12.0. The van der Waals surface area contributed by atoms with Crippen LogP contribution in [0, 0.1) is 0 Å². The van der Waals surface area contributed by atoms with Crippen molar-refractivity contribution in [1.82, 2.24) is 0 Å². The normalized spacial score (nSPS) is 35.3. The van der Waals surface area contributed by atoms with Crippen LogP contribution < -0.4 is 0 Å². The molecule has 37 heavy (non-hydrogen) atoms. The van der Waals surface area contributed by atoms with Crippen LogP contribution in [-0.4, -0.2) is 59.0 Å². The van der Waals surface area contributed by atoms with Crippen molar-refractivity contribution in [3.63, 3.8) is 0 Å². The van der Waals surface area contributed by atoms with Crippen molar-refractivity contribution in [3.8, 4) is 0 Å². The van der Waals surface area contributed by atoms with Gasteiger partial charge in [-0.1, -0.05) is 91.8 Å². The molecule has 0 radical (unpaired) electrons. The molecule has 7 nitrogen and oxygen atoms in total. The smallest absolute Gasteiger partial charge is 0.335 e. The molecule has 0 aliphatic carbocycles. The molecule has 4 rings (SSSR count). The van der Waals surface area contributed by atoms with E-state index in [2.05, 4.69) is 62.0 Å². The number of hydrogen-bond donors (Lipinski definition) is 1. The summed E-state index contributed by atoms with van der Waals surface area (Å²) < 4.78 is 40.8. The van der Waals surface area contributed by atoms with E-state index >= 15 is 0 Å². The van der Waals surface area contributed by atoms with Gasteiger partial charge in [0.25, 0.3) is 0 Å². The Kier molecular flexibility index (Phi) is 8.61. The van der Waals surface area contributed by atoms with Gasteiger partial charge in [0.05, 0.1) is 6.61 Å². The third-order valence-electron chi connectivity index (χ3n) is 8.16. The molecule has 0 aromatic heterocycles.